The number of aromatic nitrogens is 1. The summed E-state index contributed by atoms with van der Waals surface area (Å²) in [5.74, 6) is 0. The number of nitrogens with one attached hydrogen (secondary N) is 1. The molecule has 18 heavy (non-hydrogen) atoms. The summed E-state index contributed by atoms with van der Waals surface area (Å²) in [7, 11) is 2.21. The lowest BCUT2D eigenvalue weighted by Crippen LogP contribution is -2.31. The van der Waals surface area contributed by atoms with Gasteiger partial charge in [0.15, 0.2) is 0 Å². The molecule has 1 aromatic heterocycles. The van der Waals surface area contributed by atoms with Gasteiger partial charge in [0, 0.05) is 19.6 Å². The van der Waals surface area contributed by atoms with Crippen molar-refractivity contribution < 1.29 is 0 Å². The fourth-order valence-corrected chi connectivity index (χ4v) is 2.78. The van der Waals surface area contributed by atoms with E-state index >= 15 is 0 Å². The molecule has 1 aliphatic rings. The lowest BCUT2D eigenvalue weighted by molar-refractivity contribution is 0.552. The van der Waals surface area contributed by atoms with Gasteiger partial charge in [-0.3, -0.25) is 4.98 Å². The topological polar surface area (TPSA) is 28.2 Å². The zero-order valence-corrected chi connectivity index (χ0v) is 11.7. The molecule has 0 aliphatic heterocycles. The van der Waals surface area contributed by atoms with E-state index in [1.54, 1.807) is 0 Å². The molecule has 1 aromatic rings. The Bertz CT molecular complexity index is 357. The van der Waals surface area contributed by atoms with Crippen molar-refractivity contribution in [1.29, 1.82) is 0 Å². The number of nitrogens with zero attached hydrogens (tertiary/aromatic N) is 2. The van der Waals surface area contributed by atoms with Crippen molar-refractivity contribution in [2.24, 2.45) is 0 Å². The van der Waals surface area contributed by atoms with Crippen LogP contribution >= 0.6 is 0 Å². The zero-order valence-electron chi connectivity index (χ0n) is 11.7. The van der Waals surface area contributed by atoms with E-state index < -0.39 is 0 Å². The molecule has 3 nitrogen and oxygen atoms in total. The average Bonchev–Trinajstić information content (AvgIpc) is 2.67. The third kappa shape index (κ3) is 3.37. The first-order valence-corrected chi connectivity index (χ1v) is 7.23. The minimum absolute atomic E-state index is 0.686. The van der Waals surface area contributed by atoms with Crippen LogP contribution in [0.3, 0.4) is 0 Å². The first-order valence-electron chi connectivity index (χ1n) is 7.23. The molecule has 1 heterocycles. The molecule has 3 heteroatoms. The lowest BCUT2D eigenvalue weighted by atomic mass is 10.1. The Morgan fingerprint density at radius 2 is 1.94 bits per heavy atom. The molecule has 0 bridgehead atoms. The van der Waals surface area contributed by atoms with Gasteiger partial charge in [-0.2, -0.15) is 0 Å². The number of hydrogen-bond acceptors (Lipinski definition) is 3. The Labute approximate surface area is 111 Å². The summed E-state index contributed by atoms with van der Waals surface area (Å²) in [5, 5.41) is 3.33. The van der Waals surface area contributed by atoms with E-state index in [4.69, 9.17) is 0 Å². The Balaban J connectivity index is 2.06. The van der Waals surface area contributed by atoms with Gasteiger partial charge in [0.05, 0.1) is 23.8 Å². The highest BCUT2D eigenvalue weighted by Gasteiger charge is 2.17. The van der Waals surface area contributed by atoms with E-state index in [2.05, 4.69) is 35.2 Å². The van der Waals surface area contributed by atoms with Gasteiger partial charge in [0.1, 0.15) is 0 Å². The predicted molar refractivity (Wildman–Crippen MR) is 78.3 cm³/mol. The minimum Gasteiger partial charge on any atom is -0.384 e. The van der Waals surface area contributed by atoms with Crippen LogP contribution in [-0.4, -0.2) is 24.6 Å². The van der Waals surface area contributed by atoms with Gasteiger partial charge in [0.25, 0.3) is 0 Å². The van der Waals surface area contributed by atoms with Gasteiger partial charge in [-0.05, 0) is 25.8 Å². The maximum atomic E-state index is 4.34. The monoisotopic (exact) mass is 247 g/mol. The third-order valence-electron chi connectivity index (χ3n) is 3.88. The highest BCUT2D eigenvalue weighted by atomic mass is 15.1. The van der Waals surface area contributed by atoms with E-state index in [0.717, 1.165) is 12.2 Å². The maximum Gasteiger partial charge on any atom is 0.0573 e. The molecule has 1 fully saturated rings. The van der Waals surface area contributed by atoms with E-state index in [1.807, 2.05) is 12.4 Å². The van der Waals surface area contributed by atoms with Crippen molar-refractivity contribution >= 4 is 11.4 Å². The van der Waals surface area contributed by atoms with Crippen LogP contribution in [0.5, 0.6) is 0 Å². The molecule has 0 atom stereocenters. The SMILES string of the molecule is CCNc1cncc(N(C)C2CCCCCC2)c1. The van der Waals surface area contributed by atoms with E-state index in [9.17, 15) is 0 Å². The number of hydrogen-bond donors (Lipinski definition) is 1. The average molecular weight is 247 g/mol. The molecule has 1 saturated carbocycles. The van der Waals surface area contributed by atoms with Crippen molar-refractivity contribution in [3.05, 3.63) is 18.5 Å². The van der Waals surface area contributed by atoms with Gasteiger partial charge in [-0.25, -0.2) is 0 Å². The molecule has 2 rings (SSSR count). The van der Waals surface area contributed by atoms with Gasteiger partial charge in [-0.15, -0.1) is 0 Å². The van der Waals surface area contributed by atoms with Crippen molar-refractivity contribution in [2.75, 3.05) is 23.8 Å². The molecule has 0 unspecified atom stereocenters. The van der Waals surface area contributed by atoms with Crippen LogP contribution in [-0.2, 0) is 0 Å². The lowest BCUT2D eigenvalue weighted by Gasteiger charge is -2.29. The second-order valence-electron chi connectivity index (χ2n) is 5.22. The zero-order chi connectivity index (χ0) is 12.8. The second-order valence-corrected chi connectivity index (χ2v) is 5.22. The first kappa shape index (κ1) is 13.2. The largest absolute Gasteiger partial charge is 0.384 e. The van der Waals surface area contributed by atoms with Crippen molar-refractivity contribution in [3.63, 3.8) is 0 Å². The van der Waals surface area contributed by atoms with Crippen LogP contribution in [0.25, 0.3) is 0 Å². The van der Waals surface area contributed by atoms with Crippen LogP contribution in [0.15, 0.2) is 18.5 Å². The molecule has 0 saturated heterocycles. The van der Waals surface area contributed by atoms with Crippen LogP contribution < -0.4 is 10.2 Å². The van der Waals surface area contributed by atoms with E-state index in [1.165, 1.54) is 44.2 Å². The molecular formula is C15H25N3. The van der Waals surface area contributed by atoms with Gasteiger partial charge in [0.2, 0.25) is 0 Å². The third-order valence-corrected chi connectivity index (χ3v) is 3.88. The van der Waals surface area contributed by atoms with Crippen LogP contribution in [0.4, 0.5) is 11.4 Å². The number of pyridine rings is 1. The normalized spacial score (nSPS) is 17.2. The quantitative estimate of drug-likeness (QED) is 0.823. The standard InChI is InChI=1S/C15H25N3/c1-3-17-13-10-15(12-16-11-13)18(2)14-8-6-4-5-7-9-14/h10-12,14,17H,3-9H2,1-2H3. The molecule has 1 aliphatic carbocycles. The van der Waals surface area contributed by atoms with Crippen LogP contribution in [0, 0.1) is 0 Å². The summed E-state index contributed by atoms with van der Waals surface area (Å²) in [6.45, 7) is 3.06. The Morgan fingerprint density at radius 1 is 1.22 bits per heavy atom. The summed E-state index contributed by atoms with van der Waals surface area (Å²) >= 11 is 0. The molecule has 100 valence electrons. The summed E-state index contributed by atoms with van der Waals surface area (Å²) in [5.41, 5.74) is 2.36. The van der Waals surface area contributed by atoms with Crippen molar-refractivity contribution in [2.45, 2.75) is 51.5 Å². The fourth-order valence-electron chi connectivity index (χ4n) is 2.78. The Hall–Kier alpha value is -1.25. The molecule has 0 spiro atoms. The predicted octanol–water partition coefficient (Wildman–Crippen LogP) is 3.67. The number of anilines is 2. The van der Waals surface area contributed by atoms with Crippen molar-refractivity contribution in [3.8, 4) is 0 Å². The highest BCUT2D eigenvalue weighted by Crippen LogP contribution is 2.26. The highest BCUT2D eigenvalue weighted by molar-refractivity contribution is 5.55. The molecular weight excluding hydrogens is 222 g/mol. The smallest absolute Gasteiger partial charge is 0.0573 e. The van der Waals surface area contributed by atoms with E-state index in [0.29, 0.717) is 6.04 Å². The fraction of sp³-hybridized carbons (Fsp3) is 0.667. The van der Waals surface area contributed by atoms with Crippen molar-refractivity contribution in [1.82, 2.24) is 4.98 Å². The first-order chi connectivity index (χ1) is 8.81. The maximum absolute atomic E-state index is 4.34. The second kappa shape index (κ2) is 6.62. The summed E-state index contributed by atoms with van der Waals surface area (Å²) < 4.78 is 0. The number of rotatable bonds is 4. The molecule has 0 aromatic carbocycles. The van der Waals surface area contributed by atoms with Gasteiger partial charge < -0.3 is 10.2 Å². The van der Waals surface area contributed by atoms with Crippen LogP contribution in [0.1, 0.15) is 45.4 Å². The van der Waals surface area contributed by atoms with E-state index in [-0.39, 0.29) is 0 Å². The molecule has 0 radical (unpaired) electrons. The Morgan fingerprint density at radius 3 is 2.61 bits per heavy atom. The summed E-state index contributed by atoms with van der Waals surface area (Å²) in [6.07, 6.45) is 12.1. The van der Waals surface area contributed by atoms with Gasteiger partial charge >= 0.3 is 0 Å². The summed E-state index contributed by atoms with van der Waals surface area (Å²) in [6, 6.07) is 2.90. The van der Waals surface area contributed by atoms with Gasteiger partial charge in [-0.1, -0.05) is 25.7 Å². The Kier molecular flexibility index (Phi) is 4.85. The summed E-state index contributed by atoms with van der Waals surface area (Å²) in [4.78, 5) is 6.75. The minimum atomic E-state index is 0.686. The van der Waals surface area contributed by atoms with Crippen LogP contribution in [0.2, 0.25) is 0 Å². The molecule has 0 amide bonds. The molecule has 1 N–H and O–H groups in total.